The topological polar surface area (TPSA) is 75.3 Å². The number of carbonyl (C=O) groups is 1. The van der Waals surface area contributed by atoms with E-state index in [0.29, 0.717) is 18.5 Å². The fraction of sp³-hybridized carbons (Fsp3) is 0.167. The van der Waals surface area contributed by atoms with Crippen molar-refractivity contribution in [2.45, 2.75) is 11.3 Å². The molecule has 0 aliphatic heterocycles. The minimum absolute atomic E-state index is 0.0808. The summed E-state index contributed by atoms with van der Waals surface area (Å²) in [5.74, 6) is -0.601. The molecule has 0 aromatic heterocycles. The molecule has 5 nitrogen and oxygen atoms in total. The average Bonchev–Trinajstić information content (AvgIpc) is 2.62. The van der Waals surface area contributed by atoms with E-state index in [9.17, 15) is 17.6 Å². The van der Waals surface area contributed by atoms with Gasteiger partial charge in [0.15, 0.2) is 0 Å². The van der Waals surface area contributed by atoms with Crippen LogP contribution in [0.1, 0.15) is 15.9 Å². The van der Waals surface area contributed by atoms with Crippen LogP contribution >= 0.6 is 0 Å². The Kier molecular flexibility index (Phi) is 6.44. The quantitative estimate of drug-likeness (QED) is 0.708. The summed E-state index contributed by atoms with van der Waals surface area (Å²) in [5.41, 5.74) is 1.28. The van der Waals surface area contributed by atoms with Crippen molar-refractivity contribution >= 4 is 15.9 Å². The molecule has 2 aromatic carbocycles. The zero-order valence-corrected chi connectivity index (χ0v) is 14.4. The van der Waals surface area contributed by atoms with Gasteiger partial charge in [-0.3, -0.25) is 4.79 Å². The molecular formula is C18H19FN2O3S. The van der Waals surface area contributed by atoms with E-state index in [4.69, 9.17) is 0 Å². The summed E-state index contributed by atoms with van der Waals surface area (Å²) in [6.07, 6.45) is 2.02. The monoisotopic (exact) mass is 362 g/mol. The molecule has 0 aliphatic rings. The number of amides is 1. The lowest BCUT2D eigenvalue weighted by Gasteiger charge is -2.07. The Hall–Kier alpha value is -2.51. The maximum atomic E-state index is 12.8. The van der Waals surface area contributed by atoms with E-state index in [1.165, 1.54) is 42.5 Å². The van der Waals surface area contributed by atoms with Gasteiger partial charge in [0.05, 0.1) is 4.90 Å². The van der Waals surface area contributed by atoms with Gasteiger partial charge in [-0.2, -0.15) is 0 Å². The molecule has 0 heterocycles. The summed E-state index contributed by atoms with van der Waals surface area (Å²) in [6.45, 7) is 3.98. The van der Waals surface area contributed by atoms with Gasteiger partial charge >= 0.3 is 0 Å². The number of hydrogen-bond acceptors (Lipinski definition) is 3. The first-order valence-electron chi connectivity index (χ1n) is 7.65. The Balaban J connectivity index is 1.91. The Morgan fingerprint density at radius 3 is 2.32 bits per heavy atom. The van der Waals surface area contributed by atoms with E-state index in [0.717, 1.165) is 5.56 Å². The second-order valence-corrected chi connectivity index (χ2v) is 7.06. The highest BCUT2D eigenvalue weighted by molar-refractivity contribution is 7.89. The largest absolute Gasteiger partial charge is 0.352 e. The number of halogens is 1. The van der Waals surface area contributed by atoms with Crippen LogP contribution in [-0.4, -0.2) is 27.4 Å². The third-order valence-corrected chi connectivity index (χ3v) is 4.90. The van der Waals surface area contributed by atoms with Crippen LogP contribution in [0.15, 0.2) is 66.1 Å². The van der Waals surface area contributed by atoms with Crippen LogP contribution in [0.2, 0.25) is 0 Å². The first-order chi connectivity index (χ1) is 11.9. The van der Waals surface area contributed by atoms with Gasteiger partial charge in [-0.25, -0.2) is 17.5 Å². The molecule has 2 rings (SSSR count). The molecule has 2 N–H and O–H groups in total. The predicted octanol–water partition coefficient (Wildman–Crippen LogP) is 2.26. The van der Waals surface area contributed by atoms with Crippen LogP contribution in [0.3, 0.4) is 0 Å². The van der Waals surface area contributed by atoms with Gasteiger partial charge in [-0.15, -0.1) is 6.58 Å². The minimum atomic E-state index is -3.60. The van der Waals surface area contributed by atoms with Gasteiger partial charge in [-0.05, 0) is 48.4 Å². The van der Waals surface area contributed by atoms with Crippen LogP contribution in [0.25, 0.3) is 0 Å². The van der Waals surface area contributed by atoms with Gasteiger partial charge in [-0.1, -0.05) is 18.2 Å². The van der Waals surface area contributed by atoms with Gasteiger partial charge in [0.2, 0.25) is 10.0 Å². The molecule has 25 heavy (non-hydrogen) atoms. The highest BCUT2D eigenvalue weighted by Gasteiger charge is 2.13. The van der Waals surface area contributed by atoms with Crippen LogP contribution in [0, 0.1) is 5.82 Å². The van der Waals surface area contributed by atoms with Gasteiger partial charge in [0, 0.05) is 18.7 Å². The van der Waals surface area contributed by atoms with Crippen LogP contribution < -0.4 is 10.0 Å². The van der Waals surface area contributed by atoms with Crippen molar-refractivity contribution in [3.05, 3.63) is 78.1 Å². The Labute approximate surface area is 146 Å². The molecule has 0 radical (unpaired) electrons. The molecule has 0 bridgehead atoms. The molecule has 7 heteroatoms. The van der Waals surface area contributed by atoms with Crippen molar-refractivity contribution in [2.75, 3.05) is 13.1 Å². The first kappa shape index (κ1) is 18.8. The maximum Gasteiger partial charge on any atom is 0.251 e. The zero-order chi connectivity index (χ0) is 18.3. The lowest BCUT2D eigenvalue weighted by atomic mass is 10.1. The minimum Gasteiger partial charge on any atom is -0.352 e. The molecule has 0 spiro atoms. The summed E-state index contributed by atoms with van der Waals surface area (Å²) in [7, 11) is -3.60. The number of rotatable bonds is 8. The van der Waals surface area contributed by atoms with Crippen LogP contribution in [0.5, 0.6) is 0 Å². The normalized spacial score (nSPS) is 11.1. The zero-order valence-electron chi connectivity index (χ0n) is 13.5. The van der Waals surface area contributed by atoms with Crippen LogP contribution in [-0.2, 0) is 16.4 Å². The standard InChI is InChI=1S/C18H19FN2O3S/c1-2-12-21-25(23,24)17-9-5-15(6-10-17)18(22)20-13-11-14-3-7-16(19)8-4-14/h2-10,21H,1,11-13H2,(H,20,22). The number of sulfonamides is 1. The summed E-state index contributed by atoms with van der Waals surface area (Å²) >= 11 is 0. The Morgan fingerprint density at radius 1 is 1.08 bits per heavy atom. The molecule has 132 valence electrons. The highest BCUT2D eigenvalue weighted by Crippen LogP contribution is 2.10. The molecule has 0 saturated heterocycles. The van der Waals surface area contributed by atoms with E-state index in [1.54, 1.807) is 12.1 Å². The SMILES string of the molecule is C=CCNS(=O)(=O)c1ccc(C(=O)NCCc2ccc(F)cc2)cc1. The molecule has 0 aliphatic carbocycles. The van der Waals surface area contributed by atoms with Crippen LogP contribution in [0.4, 0.5) is 4.39 Å². The van der Waals surface area contributed by atoms with Crippen molar-refractivity contribution in [1.29, 1.82) is 0 Å². The molecule has 0 atom stereocenters. The number of benzene rings is 2. The van der Waals surface area contributed by atoms with E-state index in [2.05, 4.69) is 16.6 Å². The molecule has 2 aromatic rings. The highest BCUT2D eigenvalue weighted by atomic mass is 32.2. The second kappa shape index (κ2) is 8.55. The number of hydrogen-bond donors (Lipinski definition) is 2. The van der Waals surface area contributed by atoms with Gasteiger partial charge in [0.25, 0.3) is 5.91 Å². The van der Waals surface area contributed by atoms with Crippen molar-refractivity contribution in [2.24, 2.45) is 0 Å². The van der Waals surface area contributed by atoms with E-state index in [-0.39, 0.29) is 23.2 Å². The summed E-state index contributed by atoms with van der Waals surface area (Å²) < 4.78 is 39.1. The summed E-state index contributed by atoms with van der Waals surface area (Å²) in [4.78, 5) is 12.2. The van der Waals surface area contributed by atoms with E-state index in [1.807, 2.05) is 0 Å². The smallest absolute Gasteiger partial charge is 0.251 e. The second-order valence-electron chi connectivity index (χ2n) is 5.30. The van der Waals surface area contributed by atoms with Crippen molar-refractivity contribution in [3.8, 4) is 0 Å². The third kappa shape index (κ3) is 5.51. The Morgan fingerprint density at radius 2 is 1.72 bits per heavy atom. The van der Waals surface area contributed by atoms with Gasteiger partial charge in [0.1, 0.15) is 5.82 Å². The fourth-order valence-corrected chi connectivity index (χ4v) is 3.11. The third-order valence-electron chi connectivity index (χ3n) is 3.46. The first-order valence-corrected chi connectivity index (χ1v) is 9.14. The van der Waals surface area contributed by atoms with Crippen molar-refractivity contribution < 1.29 is 17.6 Å². The summed E-state index contributed by atoms with van der Waals surface area (Å²) in [5, 5.41) is 2.74. The van der Waals surface area contributed by atoms with Crippen molar-refractivity contribution in [3.63, 3.8) is 0 Å². The average molecular weight is 362 g/mol. The van der Waals surface area contributed by atoms with E-state index < -0.39 is 10.0 Å². The lowest BCUT2D eigenvalue weighted by Crippen LogP contribution is -2.26. The maximum absolute atomic E-state index is 12.8. The molecule has 0 fully saturated rings. The molecule has 1 amide bonds. The lowest BCUT2D eigenvalue weighted by molar-refractivity contribution is 0.0954. The summed E-state index contributed by atoms with van der Waals surface area (Å²) in [6, 6.07) is 11.7. The number of nitrogens with one attached hydrogen (secondary N) is 2. The molecule has 0 saturated carbocycles. The number of carbonyl (C=O) groups excluding carboxylic acids is 1. The fourth-order valence-electron chi connectivity index (χ4n) is 2.11. The van der Waals surface area contributed by atoms with E-state index >= 15 is 0 Å². The molecule has 0 unspecified atom stereocenters. The van der Waals surface area contributed by atoms with Gasteiger partial charge < -0.3 is 5.32 Å². The Bertz CT molecular complexity index is 832. The predicted molar refractivity (Wildman–Crippen MR) is 94.3 cm³/mol. The van der Waals surface area contributed by atoms with Crippen molar-refractivity contribution in [1.82, 2.24) is 10.0 Å². The molecular weight excluding hydrogens is 343 g/mol.